The van der Waals surface area contributed by atoms with E-state index in [0.29, 0.717) is 31.6 Å². The maximum atomic E-state index is 14.2. The summed E-state index contributed by atoms with van der Waals surface area (Å²) in [6.07, 6.45) is 1.07. The fourth-order valence-corrected chi connectivity index (χ4v) is 2.39. The first kappa shape index (κ1) is 16.4. The highest BCUT2D eigenvalue weighted by molar-refractivity contribution is 5.83. The highest BCUT2D eigenvalue weighted by Gasteiger charge is 2.19. The molecule has 1 aromatic rings. The number of hydrogen-bond donors (Lipinski definition) is 3. The average molecular weight is 311 g/mol. The number of nitrogens with zero attached hydrogens (tertiary/aromatic N) is 1. The molecule has 1 aromatic carbocycles. The maximum absolute atomic E-state index is 14.2. The zero-order valence-corrected chi connectivity index (χ0v) is 12.2. The van der Waals surface area contributed by atoms with Gasteiger partial charge < -0.3 is 20.7 Å². The molecule has 5 nitrogen and oxygen atoms in total. The lowest BCUT2D eigenvalue weighted by atomic mass is 10.1. The lowest BCUT2D eigenvalue weighted by molar-refractivity contribution is -0.136. The van der Waals surface area contributed by atoms with E-state index in [1.54, 1.807) is 4.90 Å². The molecule has 1 aliphatic rings. The molecule has 22 heavy (non-hydrogen) atoms. The zero-order chi connectivity index (χ0) is 16.1. The first-order valence-corrected chi connectivity index (χ1v) is 7.19. The Morgan fingerprint density at radius 1 is 1.27 bits per heavy atom. The number of halogens is 2. The minimum Gasteiger partial charge on any atom is -0.481 e. The van der Waals surface area contributed by atoms with Crippen LogP contribution in [0.5, 0.6) is 0 Å². The Hall–Kier alpha value is -2.02. The van der Waals surface area contributed by atoms with Crippen molar-refractivity contribution in [3.05, 3.63) is 29.3 Å². The van der Waals surface area contributed by atoms with Crippen LogP contribution in [0.25, 0.3) is 0 Å². The Bertz CT molecular complexity index is 568. The van der Waals surface area contributed by atoms with Crippen LogP contribution >= 0.6 is 0 Å². The second-order valence-corrected chi connectivity index (χ2v) is 5.31. The van der Waals surface area contributed by atoms with Gasteiger partial charge in [0.15, 0.2) is 0 Å². The largest absolute Gasteiger partial charge is 0.481 e. The van der Waals surface area contributed by atoms with Crippen molar-refractivity contribution in [3.63, 3.8) is 0 Å². The third-order valence-electron chi connectivity index (χ3n) is 3.65. The van der Waals surface area contributed by atoms with Crippen LogP contribution in [0.3, 0.4) is 0 Å². The molecular weight excluding hydrogens is 292 g/mol. The first-order chi connectivity index (χ1) is 10.5. The summed E-state index contributed by atoms with van der Waals surface area (Å²) in [6, 6.07) is 2.33. The molecule has 7 heteroatoms. The van der Waals surface area contributed by atoms with Gasteiger partial charge in [-0.15, -0.1) is 0 Å². The van der Waals surface area contributed by atoms with Crippen molar-refractivity contribution in [2.24, 2.45) is 0 Å². The normalized spacial score (nSPS) is 15.2. The second-order valence-electron chi connectivity index (χ2n) is 5.31. The summed E-state index contributed by atoms with van der Waals surface area (Å²) >= 11 is 0. The molecule has 0 atom stereocenters. The van der Waals surface area contributed by atoms with Crippen molar-refractivity contribution < 1.29 is 18.7 Å². The van der Waals surface area contributed by atoms with Gasteiger partial charge in [0.25, 0.3) is 0 Å². The van der Waals surface area contributed by atoms with Crippen LogP contribution < -0.4 is 10.2 Å². The number of carboxylic acids is 1. The van der Waals surface area contributed by atoms with E-state index in [9.17, 15) is 13.6 Å². The number of nitrogens with one attached hydrogen (secondary N) is 2. The Balaban J connectivity index is 2.01. The second kappa shape index (κ2) is 7.31. The van der Waals surface area contributed by atoms with Crippen molar-refractivity contribution in [2.45, 2.75) is 25.8 Å². The summed E-state index contributed by atoms with van der Waals surface area (Å²) in [5, 5.41) is 18.8. The molecule has 0 saturated carbocycles. The number of carboxylic acid groups (broad SMARTS) is 1. The maximum Gasteiger partial charge on any atom is 0.304 e. The van der Waals surface area contributed by atoms with E-state index in [0.717, 1.165) is 6.07 Å². The van der Waals surface area contributed by atoms with Crippen molar-refractivity contribution in [1.29, 1.82) is 5.41 Å². The lowest BCUT2D eigenvalue weighted by Gasteiger charge is -2.29. The van der Waals surface area contributed by atoms with Gasteiger partial charge in [-0.2, -0.15) is 0 Å². The topological polar surface area (TPSA) is 76.4 Å². The first-order valence-electron chi connectivity index (χ1n) is 7.19. The number of carbonyl (C=O) groups is 1. The quantitative estimate of drug-likeness (QED) is 0.704. The number of benzene rings is 1. The van der Waals surface area contributed by atoms with E-state index in [-0.39, 0.29) is 30.8 Å². The molecule has 0 aromatic heterocycles. The molecule has 0 amide bonds. The highest BCUT2D eigenvalue weighted by atomic mass is 19.1. The monoisotopic (exact) mass is 311 g/mol. The molecule has 1 fully saturated rings. The molecule has 2 rings (SSSR count). The van der Waals surface area contributed by atoms with Crippen molar-refractivity contribution >= 4 is 17.4 Å². The molecule has 0 aliphatic carbocycles. The summed E-state index contributed by atoms with van der Waals surface area (Å²) in [7, 11) is 0. The zero-order valence-electron chi connectivity index (χ0n) is 12.2. The molecular formula is C15H19F2N3O2. The van der Waals surface area contributed by atoms with Crippen molar-refractivity contribution in [2.75, 3.05) is 24.5 Å². The van der Waals surface area contributed by atoms with Gasteiger partial charge in [-0.05, 0) is 6.07 Å². The van der Waals surface area contributed by atoms with Crippen LogP contribution in [-0.4, -0.2) is 36.4 Å². The minimum atomic E-state index is -0.940. The number of hydrogen-bond acceptors (Lipinski definition) is 4. The molecule has 1 heterocycles. The standard InChI is InChI=1S/C15H19F2N3O2/c16-12-8-14(20-5-2-11(18)3-6-20)13(17)7-10(12)9-19-4-1-15(21)22/h7-8,18-19H,1-6,9H2,(H,21,22). The number of anilines is 1. The molecule has 3 N–H and O–H groups in total. The SMILES string of the molecule is N=C1CCN(c2cc(F)c(CNCCC(=O)O)cc2F)CC1. The van der Waals surface area contributed by atoms with E-state index in [1.807, 2.05) is 0 Å². The Morgan fingerprint density at radius 3 is 2.59 bits per heavy atom. The molecule has 0 unspecified atom stereocenters. The number of piperidine rings is 1. The molecule has 120 valence electrons. The summed E-state index contributed by atoms with van der Waals surface area (Å²) in [4.78, 5) is 12.1. The highest BCUT2D eigenvalue weighted by Crippen LogP contribution is 2.25. The molecule has 0 bridgehead atoms. The fraction of sp³-hybridized carbons (Fsp3) is 0.467. The van der Waals surface area contributed by atoms with E-state index in [1.165, 1.54) is 6.07 Å². The molecule has 1 saturated heterocycles. The van der Waals surface area contributed by atoms with Crippen LogP contribution in [0.2, 0.25) is 0 Å². The van der Waals surface area contributed by atoms with Crippen LogP contribution in [0.4, 0.5) is 14.5 Å². The third-order valence-corrected chi connectivity index (χ3v) is 3.65. The van der Waals surface area contributed by atoms with Gasteiger partial charge in [0.1, 0.15) is 11.6 Å². The third kappa shape index (κ3) is 4.24. The van der Waals surface area contributed by atoms with E-state index < -0.39 is 17.6 Å². The number of rotatable bonds is 6. The van der Waals surface area contributed by atoms with Gasteiger partial charge in [-0.3, -0.25) is 4.79 Å². The van der Waals surface area contributed by atoms with Gasteiger partial charge in [0.05, 0.1) is 12.1 Å². The van der Waals surface area contributed by atoms with Gasteiger partial charge in [-0.25, -0.2) is 8.78 Å². The summed E-state index contributed by atoms with van der Waals surface area (Å²) in [5.41, 5.74) is 1.03. The predicted octanol–water partition coefficient (Wildman–Crippen LogP) is 2.15. The summed E-state index contributed by atoms with van der Waals surface area (Å²) in [6.45, 7) is 1.32. The van der Waals surface area contributed by atoms with Crippen LogP contribution in [-0.2, 0) is 11.3 Å². The number of aliphatic carboxylic acids is 1. The molecule has 0 spiro atoms. The summed E-state index contributed by atoms with van der Waals surface area (Å²) in [5.74, 6) is -1.95. The van der Waals surface area contributed by atoms with Gasteiger partial charge in [0, 0.05) is 56.4 Å². The Labute approximate surface area is 127 Å². The van der Waals surface area contributed by atoms with Crippen LogP contribution in [0.1, 0.15) is 24.8 Å². The van der Waals surface area contributed by atoms with Crippen molar-refractivity contribution in [3.8, 4) is 0 Å². The fourth-order valence-electron chi connectivity index (χ4n) is 2.39. The molecule has 1 aliphatic heterocycles. The average Bonchev–Trinajstić information content (AvgIpc) is 2.47. The smallest absolute Gasteiger partial charge is 0.304 e. The van der Waals surface area contributed by atoms with Gasteiger partial charge >= 0.3 is 5.97 Å². The van der Waals surface area contributed by atoms with Crippen LogP contribution in [0, 0.1) is 17.0 Å². The molecule has 0 radical (unpaired) electrons. The lowest BCUT2D eigenvalue weighted by Crippen LogP contribution is -2.34. The van der Waals surface area contributed by atoms with E-state index in [4.69, 9.17) is 10.5 Å². The van der Waals surface area contributed by atoms with Crippen molar-refractivity contribution in [1.82, 2.24) is 5.32 Å². The van der Waals surface area contributed by atoms with Gasteiger partial charge in [0.2, 0.25) is 0 Å². The minimum absolute atomic E-state index is 0.0675. The predicted molar refractivity (Wildman–Crippen MR) is 79.5 cm³/mol. The van der Waals surface area contributed by atoms with E-state index in [2.05, 4.69) is 5.32 Å². The van der Waals surface area contributed by atoms with Gasteiger partial charge in [-0.1, -0.05) is 0 Å². The van der Waals surface area contributed by atoms with E-state index >= 15 is 0 Å². The van der Waals surface area contributed by atoms with Crippen LogP contribution in [0.15, 0.2) is 12.1 Å². The summed E-state index contributed by atoms with van der Waals surface area (Å²) < 4.78 is 28.2. The Kier molecular flexibility index (Phi) is 5.43. The Morgan fingerprint density at radius 2 is 1.95 bits per heavy atom.